The number of anilines is 2. The number of hydrogen-bond acceptors (Lipinski definition) is 11. The van der Waals surface area contributed by atoms with Gasteiger partial charge >= 0.3 is 17.8 Å². The molecule has 2 aliphatic heterocycles. The molecule has 0 aliphatic carbocycles. The van der Waals surface area contributed by atoms with E-state index < -0.39 is 44.8 Å². The lowest BCUT2D eigenvalue weighted by molar-refractivity contribution is -0.394. The van der Waals surface area contributed by atoms with Gasteiger partial charge in [-0.15, -0.1) is 0 Å². The smallest absolute Gasteiger partial charge is 0.416 e. The number of nitro groups is 2. The van der Waals surface area contributed by atoms with Crippen molar-refractivity contribution in [2.75, 3.05) is 63.9 Å². The molecule has 3 aromatic rings. The molecule has 0 saturated carbocycles. The van der Waals surface area contributed by atoms with Gasteiger partial charge in [0.05, 0.1) is 38.8 Å². The van der Waals surface area contributed by atoms with Gasteiger partial charge in [0.1, 0.15) is 13.2 Å². The molecule has 1 atom stereocenters. The summed E-state index contributed by atoms with van der Waals surface area (Å²) in [6.07, 6.45) is -3.66. The molecular weight excluding hydrogens is 655 g/mol. The lowest BCUT2D eigenvalue weighted by atomic mass is 10.1. The first kappa shape index (κ1) is 34.9. The van der Waals surface area contributed by atoms with Gasteiger partial charge in [-0.25, -0.2) is 0 Å². The molecule has 0 N–H and O–H groups in total. The first-order valence-corrected chi connectivity index (χ1v) is 16.1. The van der Waals surface area contributed by atoms with Gasteiger partial charge in [0.25, 0.3) is 5.69 Å². The van der Waals surface area contributed by atoms with Crippen LogP contribution in [0.3, 0.4) is 0 Å². The topological polar surface area (TPSA) is 132 Å². The molecular formula is C32H34F3N5O7S. The molecule has 0 radical (unpaired) electrons. The van der Waals surface area contributed by atoms with Crippen LogP contribution in [0.4, 0.5) is 35.9 Å². The number of carbonyl (C=O) groups excluding carboxylic acids is 1. The Balaban J connectivity index is 1.04. The molecule has 256 valence electrons. The monoisotopic (exact) mass is 689 g/mol. The highest BCUT2D eigenvalue weighted by Crippen LogP contribution is 2.49. The Hall–Kier alpha value is -4.41. The van der Waals surface area contributed by atoms with Crippen LogP contribution in [0.5, 0.6) is 5.75 Å². The first-order valence-electron chi connectivity index (χ1n) is 15.3. The number of fused-ring (bicyclic) bond motifs is 2. The summed E-state index contributed by atoms with van der Waals surface area (Å²) in [5.74, 6) is -1.43. The van der Waals surface area contributed by atoms with Gasteiger partial charge < -0.3 is 19.3 Å². The summed E-state index contributed by atoms with van der Waals surface area (Å²) in [6.45, 7) is 6.53. The van der Waals surface area contributed by atoms with Gasteiger partial charge in [-0.3, -0.25) is 29.9 Å². The Kier molecular flexibility index (Phi) is 11.1. The van der Waals surface area contributed by atoms with Crippen molar-refractivity contribution < 1.29 is 37.3 Å². The summed E-state index contributed by atoms with van der Waals surface area (Å²) in [5, 5.41) is 22.2. The molecule has 2 aliphatic rings. The second-order valence-electron chi connectivity index (χ2n) is 11.5. The standard InChI is InChI=1S/C32H34F3N5O7S/c1-22(21-47-28-9-8-24(39(42)43)20-26(28)40(44)45)31(41)46-18-17-37-15-13-36(14-16-37)11-4-12-38-25-5-2-3-6-29(25)48-30-10-7-23(19-27(30)38)32(33,34)35/h2-3,5-10,19-20,22H,4,11-18,21H2,1H3. The fraction of sp³-hybridized carbons (Fsp3) is 0.406. The van der Waals surface area contributed by atoms with E-state index in [1.54, 1.807) is 13.0 Å². The highest BCUT2D eigenvalue weighted by molar-refractivity contribution is 7.99. The van der Waals surface area contributed by atoms with E-state index in [4.69, 9.17) is 9.47 Å². The van der Waals surface area contributed by atoms with E-state index in [0.29, 0.717) is 18.8 Å². The summed E-state index contributed by atoms with van der Waals surface area (Å²) >= 11 is 1.48. The average molecular weight is 690 g/mol. The molecule has 1 saturated heterocycles. The highest BCUT2D eigenvalue weighted by atomic mass is 32.2. The van der Waals surface area contributed by atoms with E-state index >= 15 is 0 Å². The SMILES string of the molecule is CC(COc1ccc([N+](=O)[O-])cc1[N+](=O)[O-])C(=O)OCCN1CCN(CCCN2c3ccccc3Sc3ccc(C(F)(F)F)cc32)CC1. The predicted octanol–water partition coefficient (Wildman–Crippen LogP) is 6.39. The summed E-state index contributed by atoms with van der Waals surface area (Å²) in [6, 6.07) is 14.7. The largest absolute Gasteiger partial charge is 0.486 e. The van der Waals surface area contributed by atoms with Crippen molar-refractivity contribution in [1.82, 2.24) is 9.80 Å². The zero-order valence-electron chi connectivity index (χ0n) is 26.1. The third-order valence-electron chi connectivity index (χ3n) is 8.17. The van der Waals surface area contributed by atoms with E-state index in [1.807, 2.05) is 29.2 Å². The summed E-state index contributed by atoms with van der Waals surface area (Å²) in [7, 11) is 0. The Bertz CT molecular complexity index is 1650. The Morgan fingerprint density at radius 3 is 2.27 bits per heavy atom. The fourth-order valence-electron chi connectivity index (χ4n) is 5.52. The molecule has 1 unspecified atom stereocenters. The van der Waals surface area contributed by atoms with Crippen LogP contribution < -0.4 is 9.64 Å². The molecule has 0 bridgehead atoms. The number of non-ortho nitro benzene ring substituents is 1. The second-order valence-corrected chi connectivity index (χ2v) is 12.6. The molecule has 12 nitrogen and oxygen atoms in total. The normalized spacial score (nSPS) is 15.7. The molecule has 48 heavy (non-hydrogen) atoms. The first-order chi connectivity index (χ1) is 22.9. The molecule has 0 aromatic heterocycles. The maximum absolute atomic E-state index is 13.5. The number of hydrogen-bond donors (Lipinski definition) is 0. The second kappa shape index (κ2) is 15.2. The zero-order valence-corrected chi connectivity index (χ0v) is 26.9. The van der Waals surface area contributed by atoms with Crippen molar-refractivity contribution in [3.8, 4) is 5.75 Å². The Morgan fingerprint density at radius 1 is 0.896 bits per heavy atom. The summed E-state index contributed by atoms with van der Waals surface area (Å²) in [4.78, 5) is 41.4. The van der Waals surface area contributed by atoms with Crippen molar-refractivity contribution in [3.63, 3.8) is 0 Å². The Labute approximate surface area is 278 Å². The number of ether oxygens (including phenoxy) is 2. The van der Waals surface area contributed by atoms with Gasteiger partial charge in [0, 0.05) is 55.1 Å². The molecule has 1 fully saturated rings. The van der Waals surface area contributed by atoms with E-state index in [1.165, 1.54) is 17.8 Å². The third kappa shape index (κ3) is 8.54. The van der Waals surface area contributed by atoms with E-state index in [0.717, 1.165) is 78.9 Å². The molecule has 2 heterocycles. The zero-order chi connectivity index (χ0) is 34.4. The summed E-state index contributed by atoms with van der Waals surface area (Å²) in [5.41, 5.74) is -0.194. The quantitative estimate of drug-likeness (QED) is 0.112. The van der Waals surface area contributed by atoms with E-state index in [2.05, 4.69) is 9.80 Å². The Morgan fingerprint density at radius 2 is 1.58 bits per heavy atom. The number of carbonyl (C=O) groups is 1. The van der Waals surface area contributed by atoms with Gasteiger partial charge in [-0.05, 0) is 56.3 Å². The number of para-hydroxylation sites is 1. The average Bonchev–Trinajstić information content (AvgIpc) is 3.06. The lowest BCUT2D eigenvalue weighted by Crippen LogP contribution is -2.47. The molecule has 0 amide bonds. The van der Waals surface area contributed by atoms with Gasteiger partial charge in [-0.1, -0.05) is 23.9 Å². The molecule has 3 aromatic carbocycles. The van der Waals surface area contributed by atoms with Crippen LogP contribution >= 0.6 is 11.8 Å². The van der Waals surface area contributed by atoms with Gasteiger partial charge in [-0.2, -0.15) is 13.2 Å². The van der Waals surface area contributed by atoms with E-state index in [-0.39, 0.29) is 19.0 Å². The van der Waals surface area contributed by atoms with Crippen molar-refractivity contribution >= 4 is 40.5 Å². The van der Waals surface area contributed by atoms with Crippen LogP contribution in [-0.2, 0) is 15.7 Å². The van der Waals surface area contributed by atoms with Gasteiger partial charge in [0.15, 0.2) is 5.75 Å². The number of halogens is 3. The van der Waals surface area contributed by atoms with Gasteiger partial charge in [0.2, 0.25) is 0 Å². The van der Waals surface area contributed by atoms with Crippen LogP contribution in [0.15, 0.2) is 70.5 Å². The molecule has 5 rings (SSSR count). The van der Waals surface area contributed by atoms with Crippen molar-refractivity contribution in [1.29, 1.82) is 0 Å². The van der Waals surface area contributed by atoms with Crippen molar-refractivity contribution in [2.24, 2.45) is 5.92 Å². The minimum absolute atomic E-state index is 0.159. The fourth-order valence-corrected chi connectivity index (χ4v) is 6.60. The number of alkyl halides is 3. The minimum Gasteiger partial charge on any atom is -0.486 e. The third-order valence-corrected chi connectivity index (χ3v) is 9.30. The number of rotatable bonds is 13. The van der Waals surface area contributed by atoms with Crippen LogP contribution in [0.2, 0.25) is 0 Å². The number of nitro benzene ring substituents is 2. The summed E-state index contributed by atoms with van der Waals surface area (Å²) < 4.78 is 51.4. The number of nitrogens with zero attached hydrogens (tertiary/aromatic N) is 5. The molecule has 0 spiro atoms. The highest BCUT2D eigenvalue weighted by Gasteiger charge is 2.33. The van der Waals surface area contributed by atoms with Crippen molar-refractivity contribution in [3.05, 3.63) is 86.5 Å². The van der Waals surface area contributed by atoms with Crippen molar-refractivity contribution in [2.45, 2.75) is 29.3 Å². The molecule has 16 heteroatoms. The maximum atomic E-state index is 13.5. The van der Waals surface area contributed by atoms with Crippen LogP contribution in [0.1, 0.15) is 18.9 Å². The number of benzene rings is 3. The van der Waals surface area contributed by atoms with Crippen LogP contribution in [0.25, 0.3) is 0 Å². The predicted molar refractivity (Wildman–Crippen MR) is 172 cm³/mol. The van der Waals surface area contributed by atoms with Crippen LogP contribution in [-0.4, -0.2) is 84.6 Å². The number of piperazine rings is 1. The maximum Gasteiger partial charge on any atom is 0.416 e. The lowest BCUT2D eigenvalue weighted by Gasteiger charge is -2.36. The number of esters is 1. The van der Waals surface area contributed by atoms with E-state index in [9.17, 15) is 38.2 Å². The minimum atomic E-state index is -4.42. The van der Waals surface area contributed by atoms with Crippen LogP contribution in [0, 0.1) is 26.1 Å².